The third-order valence-corrected chi connectivity index (χ3v) is 5.47. The zero-order valence-electron chi connectivity index (χ0n) is 10.0. The second kappa shape index (κ2) is 5.99. The fourth-order valence-electron chi connectivity index (χ4n) is 2.05. The molecule has 0 saturated carbocycles. The summed E-state index contributed by atoms with van der Waals surface area (Å²) < 4.78 is 27.4. The molecular formula is C13H16BrNO2S. The molecule has 1 aliphatic carbocycles. The summed E-state index contributed by atoms with van der Waals surface area (Å²) in [6, 6.07) is 6.85. The SMILES string of the molecule is O=S(=O)(NCCC1=CCCC1)c1ccccc1Br. The number of allylic oxidation sites excluding steroid dienone is 1. The zero-order valence-corrected chi connectivity index (χ0v) is 12.4. The van der Waals surface area contributed by atoms with Gasteiger partial charge >= 0.3 is 0 Å². The van der Waals surface area contributed by atoms with Crippen LogP contribution in [0, 0.1) is 0 Å². The molecule has 0 radical (unpaired) electrons. The molecule has 3 nitrogen and oxygen atoms in total. The van der Waals surface area contributed by atoms with Crippen molar-refractivity contribution in [2.75, 3.05) is 6.54 Å². The lowest BCUT2D eigenvalue weighted by atomic mass is 10.2. The summed E-state index contributed by atoms with van der Waals surface area (Å²) in [7, 11) is -3.41. The van der Waals surface area contributed by atoms with Crippen molar-refractivity contribution in [1.29, 1.82) is 0 Å². The predicted molar refractivity (Wildman–Crippen MR) is 75.9 cm³/mol. The highest BCUT2D eigenvalue weighted by Gasteiger charge is 2.16. The molecule has 0 bridgehead atoms. The smallest absolute Gasteiger partial charge is 0.211 e. The maximum atomic E-state index is 12.1. The molecule has 0 fully saturated rings. The lowest BCUT2D eigenvalue weighted by Gasteiger charge is -2.08. The maximum Gasteiger partial charge on any atom is 0.241 e. The quantitative estimate of drug-likeness (QED) is 0.843. The van der Waals surface area contributed by atoms with E-state index in [1.807, 2.05) is 0 Å². The van der Waals surface area contributed by atoms with Crippen molar-refractivity contribution in [3.63, 3.8) is 0 Å². The molecule has 98 valence electrons. The Morgan fingerprint density at radius 2 is 2.06 bits per heavy atom. The number of hydrogen-bond donors (Lipinski definition) is 1. The van der Waals surface area contributed by atoms with E-state index >= 15 is 0 Å². The first-order valence-corrected chi connectivity index (χ1v) is 8.29. The zero-order chi connectivity index (χ0) is 13.0. The van der Waals surface area contributed by atoms with Gasteiger partial charge in [-0.15, -0.1) is 0 Å². The highest BCUT2D eigenvalue weighted by molar-refractivity contribution is 9.10. The molecule has 0 heterocycles. The maximum absolute atomic E-state index is 12.1. The average molecular weight is 330 g/mol. The van der Waals surface area contributed by atoms with Gasteiger partial charge in [0.2, 0.25) is 10.0 Å². The van der Waals surface area contributed by atoms with E-state index < -0.39 is 10.0 Å². The molecule has 1 aromatic rings. The van der Waals surface area contributed by atoms with Gasteiger partial charge in [0, 0.05) is 11.0 Å². The molecule has 0 aliphatic heterocycles. The first kappa shape index (κ1) is 13.8. The van der Waals surface area contributed by atoms with E-state index in [-0.39, 0.29) is 0 Å². The van der Waals surface area contributed by atoms with Gasteiger partial charge in [0.15, 0.2) is 0 Å². The van der Waals surface area contributed by atoms with E-state index in [1.54, 1.807) is 24.3 Å². The van der Waals surface area contributed by atoms with Crippen LogP contribution in [0.1, 0.15) is 25.7 Å². The summed E-state index contributed by atoms with van der Waals surface area (Å²) in [5, 5.41) is 0. The number of nitrogens with one attached hydrogen (secondary N) is 1. The fraction of sp³-hybridized carbons (Fsp3) is 0.385. The minimum absolute atomic E-state index is 0.297. The Labute approximate surface area is 116 Å². The molecule has 2 rings (SSSR count). The Hall–Kier alpha value is -0.650. The van der Waals surface area contributed by atoms with Crippen molar-refractivity contribution in [1.82, 2.24) is 4.72 Å². The minimum atomic E-state index is -3.41. The standard InChI is InChI=1S/C13H16BrNO2S/c14-12-7-3-4-8-13(12)18(16,17)15-10-9-11-5-1-2-6-11/h3-5,7-8,15H,1-2,6,9-10H2. The summed E-state index contributed by atoms with van der Waals surface area (Å²) >= 11 is 3.26. The van der Waals surface area contributed by atoms with Crippen LogP contribution in [0.25, 0.3) is 0 Å². The molecule has 0 aromatic heterocycles. The molecule has 0 spiro atoms. The first-order chi connectivity index (χ1) is 8.59. The summed E-state index contributed by atoms with van der Waals surface area (Å²) in [6.45, 7) is 0.468. The van der Waals surface area contributed by atoms with E-state index in [0.29, 0.717) is 15.9 Å². The van der Waals surface area contributed by atoms with Crippen molar-refractivity contribution >= 4 is 26.0 Å². The van der Waals surface area contributed by atoms with Crippen LogP contribution in [0.3, 0.4) is 0 Å². The van der Waals surface area contributed by atoms with Gasteiger partial charge in [0.1, 0.15) is 0 Å². The van der Waals surface area contributed by atoms with Crippen LogP contribution in [0.5, 0.6) is 0 Å². The molecule has 18 heavy (non-hydrogen) atoms. The largest absolute Gasteiger partial charge is 0.241 e. The van der Waals surface area contributed by atoms with Gasteiger partial charge in [-0.2, -0.15) is 0 Å². The van der Waals surface area contributed by atoms with Gasteiger partial charge in [-0.25, -0.2) is 13.1 Å². The summed E-state index contributed by atoms with van der Waals surface area (Å²) in [4.78, 5) is 0.297. The van der Waals surface area contributed by atoms with Crippen LogP contribution in [0.4, 0.5) is 0 Å². The van der Waals surface area contributed by atoms with E-state index in [4.69, 9.17) is 0 Å². The molecule has 5 heteroatoms. The van der Waals surface area contributed by atoms with Gasteiger partial charge in [-0.1, -0.05) is 23.8 Å². The van der Waals surface area contributed by atoms with Crippen molar-refractivity contribution in [2.24, 2.45) is 0 Å². The van der Waals surface area contributed by atoms with Crippen molar-refractivity contribution in [3.05, 3.63) is 40.4 Å². The third kappa shape index (κ3) is 3.43. The van der Waals surface area contributed by atoms with E-state index in [0.717, 1.165) is 19.3 Å². The van der Waals surface area contributed by atoms with Crippen LogP contribution in [-0.4, -0.2) is 15.0 Å². The topological polar surface area (TPSA) is 46.2 Å². The van der Waals surface area contributed by atoms with Gasteiger partial charge in [-0.3, -0.25) is 0 Å². The second-order valence-corrected chi connectivity index (χ2v) is 6.92. The molecule has 0 atom stereocenters. The minimum Gasteiger partial charge on any atom is -0.211 e. The first-order valence-electron chi connectivity index (χ1n) is 6.02. The Morgan fingerprint density at radius 3 is 2.72 bits per heavy atom. The number of hydrogen-bond acceptors (Lipinski definition) is 2. The number of benzene rings is 1. The lowest BCUT2D eigenvalue weighted by molar-refractivity contribution is 0.580. The molecule has 1 aromatic carbocycles. The molecule has 0 amide bonds. The van der Waals surface area contributed by atoms with Crippen LogP contribution >= 0.6 is 15.9 Å². The van der Waals surface area contributed by atoms with E-state index in [2.05, 4.69) is 26.7 Å². The van der Waals surface area contributed by atoms with Crippen LogP contribution in [0.2, 0.25) is 0 Å². The Balaban J connectivity index is 1.97. The van der Waals surface area contributed by atoms with Gasteiger partial charge in [0.25, 0.3) is 0 Å². The molecule has 1 N–H and O–H groups in total. The highest BCUT2D eigenvalue weighted by atomic mass is 79.9. The molecular weight excluding hydrogens is 314 g/mol. The fourth-order valence-corrected chi connectivity index (χ4v) is 4.08. The number of halogens is 1. The normalized spacial score (nSPS) is 15.7. The molecule has 0 unspecified atom stereocenters. The number of rotatable bonds is 5. The monoisotopic (exact) mass is 329 g/mol. The van der Waals surface area contributed by atoms with Gasteiger partial charge < -0.3 is 0 Å². The molecule has 1 aliphatic rings. The van der Waals surface area contributed by atoms with E-state index in [9.17, 15) is 8.42 Å². The average Bonchev–Trinajstić information content (AvgIpc) is 2.82. The van der Waals surface area contributed by atoms with E-state index in [1.165, 1.54) is 12.0 Å². The van der Waals surface area contributed by atoms with Crippen LogP contribution < -0.4 is 4.72 Å². The summed E-state index contributed by atoms with van der Waals surface area (Å²) in [5.74, 6) is 0. The second-order valence-electron chi connectivity index (χ2n) is 4.33. The lowest BCUT2D eigenvalue weighted by Crippen LogP contribution is -2.25. The predicted octanol–water partition coefficient (Wildman–Crippen LogP) is 3.23. The van der Waals surface area contributed by atoms with Gasteiger partial charge in [-0.05, 0) is 53.7 Å². The summed E-state index contributed by atoms with van der Waals surface area (Å²) in [6.07, 6.45) is 6.46. The van der Waals surface area contributed by atoms with Crippen LogP contribution in [-0.2, 0) is 10.0 Å². The number of sulfonamides is 1. The molecule has 0 saturated heterocycles. The summed E-state index contributed by atoms with van der Waals surface area (Å²) in [5.41, 5.74) is 1.37. The Bertz CT molecular complexity index is 552. The Kier molecular flexibility index (Phi) is 4.59. The van der Waals surface area contributed by atoms with Crippen molar-refractivity contribution < 1.29 is 8.42 Å². The van der Waals surface area contributed by atoms with Crippen molar-refractivity contribution in [2.45, 2.75) is 30.6 Å². The Morgan fingerprint density at radius 1 is 1.28 bits per heavy atom. The third-order valence-electron chi connectivity index (χ3n) is 3.00. The van der Waals surface area contributed by atoms with Crippen LogP contribution in [0.15, 0.2) is 45.3 Å². The highest BCUT2D eigenvalue weighted by Crippen LogP contribution is 2.22. The van der Waals surface area contributed by atoms with Gasteiger partial charge in [0.05, 0.1) is 4.90 Å². The van der Waals surface area contributed by atoms with Crippen molar-refractivity contribution in [3.8, 4) is 0 Å².